The lowest BCUT2D eigenvalue weighted by molar-refractivity contribution is -0.384. The van der Waals surface area contributed by atoms with Gasteiger partial charge in [0.25, 0.3) is 5.69 Å². The van der Waals surface area contributed by atoms with Crippen LogP contribution in [-0.2, 0) is 4.79 Å². The largest absolute Gasteiger partial charge is 0.322 e. The van der Waals surface area contributed by atoms with Gasteiger partial charge < -0.3 is 5.32 Å². The van der Waals surface area contributed by atoms with Crippen molar-refractivity contribution in [1.29, 1.82) is 0 Å². The summed E-state index contributed by atoms with van der Waals surface area (Å²) in [6.45, 7) is 1.89. The van der Waals surface area contributed by atoms with Crippen LogP contribution in [0.4, 0.5) is 11.4 Å². The number of para-hydroxylation sites is 1. The number of amides is 1. The number of nitrogens with one attached hydrogen (secondary N) is 1. The molecule has 1 amide bonds. The van der Waals surface area contributed by atoms with Gasteiger partial charge in [-0.3, -0.25) is 14.9 Å². The maximum atomic E-state index is 11.9. The predicted molar refractivity (Wildman–Crippen MR) is 86.9 cm³/mol. The first kappa shape index (κ1) is 15.7. The molecular weight excluding hydrogens is 304 g/mol. The van der Waals surface area contributed by atoms with Gasteiger partial charge in [0.2, 0.25) is 5.91 Å². The summed E-state index contributed by atoms with van der Waals surface area (Å²) in [7, 11) is 0. The maximum absolute atomic E-state index is 11.9. The number of nitrogens with zero attached hydrogens (tertiary/aromatic N) is 1. The Bertz CT molecular complexity index is 757. The zero-order valence-corrected chi connectivity index (χ0v) is 12.5. The summed E-state index contributed by atoms with van der Waals surface area (Å²) < 4.78 is 0. The third-order valence-corrected chi connectivity index (χ3v) is 3.32. The Labute approximate surface area is 132 Å². The van der Waals surface area contributed by atoms with E-state index in [4.69, 9.17) is 11.6 Å². The molecule has 0 saturated carbocycles. The number of rotatable bonds is 4. The van der Waals surface area contributed by atoms with E-state index >= 15 is 0 Å². The molecule has 5 nitrogen and oxygen atoms in total. The van der Waals surface area contributed by atoms with Gasteiger partial charge in [-0.15, -0.1) is 0 Å². The molecule has 0 aliphatic heterocycles. The second-order valence-corrected chi connectivity index (χ2v) is 5.01. The van der Waals surface area contributed by atoms with Crippen molar-refractivity contribution < 1.29 is 9.72 Å². The van der Waals surface area contributed by atoms with Gasteiger partial charge in [0.15, 0.2) is 0 Å². The normalized spacial score (nSPS) is 10.6. The summed E-state index contributed by atoms with van der Waals surface area (Å²) >= 11 is 5.73. The van der Waals surface area contributed by atoms with Gasteiger partial charge in [-0.25, -0.2) is 0 Å². The molecule has 22 heavy (non-hydrogen) atoms. The fourth-order valence-corrected chi connectivity index (χ4v) is 2.02. The molecule has 0 aromatic heterocycles. The summed E-state index contributed by atoms with van der Waals surface area (Å²) in [5.41, 5.74) is 2.00. The monoisotopic (exact) mass is 316 g/mol. The number of benzene rings is 2. The topological polar surface area (TPSA) is 72.2 Å². The van der Waals surface area contributed by atoms with Gasteiger partial charge in [0.05, 0.1) is 4.92 Å². The highest BCUT2D eigenvalue weighted by molar-refractivity contribution is 6.32. The first-order valence-electron chi connectivity index (χ1n) is 6.46. The van der Waals surface area contributed by atoms with Crippen molar-refractivity contribution in [3.05, 3.63) is 74.8 Å². The summed E-state index contributed by atoms with van der Waals surface area (Å²) in [6, 6.07) is 11.8. The van der Waals surface area contributed by atoms with E-state index in [1.54, 1.807) is 12.1 Å². The number of anilines is 1. The van der Waals surface area contributed by atoms with E-state index in [9.17, 15) is 14.9 Å². The van der Waals surface area contributed by atoms with Gasteiger partial charge in [0, 0.05) is 17.8 Å². The Hall–Kier alpha value is -2.66. The molecule has 0 heterocycles. The van der Waals surface area contributed by atoms with E-state index in [1.165, 1.54) is 24.3 Å². The number of nitro benzene ring substituents is 1. The quantitative estimate of drug-likeness (QED) is 0.521. The minimum Gasteiger partial charge on any atom is -0.322 e. The fraction of sp³-hybridized carbons (Fsp3) is 0.0625. The zero-order chi connectivity index (χ0) is 16.1. The number of nitro groups is 1. The van der Waals surface area contributed by atoms with E-state index in [-0.39, 0.29) is 16.6 Å². The molecule has 0 bridgehead atoms. The van der Waals surface area contributed by atoms with E-state index < -0.39 is 4.92 Å². The van der Waals surface area contributed by atoms with Crippen LogP contribution < -0.4 is 5.32 Å². The van der Waals surface area contributed by atoms with Gasteiger partial charge in [-0.2, -0.15) is 0 Å². The Kier molecular flexibility index (Phi) is 4.91. The average Bonchev–Trinajstić information content (AvgIpc) is 2.48. The van der Waals surface area contributed by atoms with Gasteiger partial charge in [-0.1, -0.05) is 35.9 Å². The van der Waals surface area contributed by atoms with Crippen molar-refractivity contribution >= 4 is 35.0 Å². The zero-order valence-electron chi connectivity index (χ0n) is 11.7. The highest BCUT2D eigenvalue weighted by Gasteiger charge is 2.11. The van der Waals surface area contributed by atoms with Crippen LogP contribution in [0.5, 0.6) is 0 Å². The molecule has 0 radical (unpaired) electrons. The third kappa shape index (κ3) is 3.93. The van der Waals surface area contributed by atoms with Gasteiger partial charge >= 0.3 is 0 Å². The molecule has 0 spiro atoms. The average molecular weight is 317 g/mol. The Morgan fingerprint density at radius 3 is 2.68 bits per heavy atom. The number of carbonyl (C=O) groups is 1. The van der Waals surface area contributed by atoms with Crippen molar-refractivity contribution in [2.75, 3.05) is 5.32 Å². The molecule has 0 aliphatic carbocycles. The van der Waals surface area contributed by atoms with Crippen molar-refractivity contribution in [2.24, 2.45) is 0 Å². The molecule has 2 aromatic rings. The summed E-state index contributed by atoms with van der Waals surface area (Å²) in [5.74, 6) is -0.313. The molecule has 0 fully saturated rings. The molecule has 0 saturated heterocycles. The van der Waals surface area contributed by atoms with Crippen LogP contribution in [0.1, 0.15) is 11.1 Å². The molecule has 2 rings (SSSR count). The van der Waals surface area contributed by atoms with Gasteiger partial charge in [0.1, 0.15) is 5.02 Å². The van der Waals surface area contributed by atoms with Crippen LogP contribution in [0.15, 0.2) is 48.5 Å². The third-order valence-electron chi connectivity index (χ3n) is 3.00. The smallest absolute Gasteiger partial charge is 0.288 e. The molecule has 1 N–H and O–H groups in total. The molecule has 2 aromatic carbocycles. The predicted octanol–water partition coefficient (Wildman–Crippen LogP) is 4.21. The van der Waals surface area contributed by atoms with Crippen molar-refractivity contribution in [3.8, 4) is 0 Å². The second kappa shape index (κ2) is 6.87. The van der Waals surface area contributed by atoms with Crippen LogP contribution in [0, 0.1) is 17.0 Å². The van der Waals surface area contributed by atoms with E-state index in [0.717, 1.165) is 11.3 Å². The van der Waals surface area contributed by atoms with Crippen LogP contribution >= 0.6 is 11.6 Å². The number of hydrogen-bond donors (Lipinski definition) is 1. The van der Waals surface area contributed by atoms with Crippen LogP contribution in [0.25, 0.3) is 6.08 Å². The maximum Gasteiger partial charge on any atom is 0.288 e. The number of aryl methyl sites for hydroxylation is 1. The highest BCUT2D eigenvalue weighted by atomic mass is 35.5. The first-order valence-corrected chi connectivity index (χ1v) is 6.84. The lowest BCUT2D eigenvalue weighted by Crippen LogP contribution is -2.08. The SMILES string of the molecule is Cc1ccccc1NC(=O)C=Cc1ccc(Cl)c([N+](=O)[O-])c1. The van der Waals surface area contributed by atoms with Crippen molar-refractivity contribution in [3.63, 3.8) is 0 Å². The van der Waals surface area contributed by atoms with E-state index in [0.29, 0.717) is 5.56 Å². The highest BCUT2D eigenvalue weighted by Crippen LogP contribution is 2.25. The van der Waals surface area contributed by atoms with Crippen LogP contribution in [0.3, 0.4) is 0 Å². The lowest BCUT2D eigenvalue weighted by atomic mass is 10.2. The lowest BCUT2D eigenvalue weighted by Gasteiger charge is -2.05. The van der Waals surface area contributed by atoms with Gasteiger partial charge in [-0.05, 0) is 36.3 Å². The summed E-state index contributed by atoms with van der Waals surface area (Å²) in [6.07, 6.45) is 2.82. The number of hydrogen-bond acceptors (Lipinski definition) is 3. The van der Waals surface area contributed by atoms with Crippen LogP contribution in [-0.4, -0.2) is 10.8 Å². The Balaban J connectivity index is 2.12. The number of halogens is 1. The fourth-order valence-electron chi connectivity index (χ4n) is 1.83. The molecule has 112 valence electrons. The standard InChI is InChI=1S/C16H13ClN2O3/c1-11-4-2-3-5-14(11)18-16(20)9-7-12-6-8-13(17)15(10-12)19(21)22/h2-10H,1H3,(H,18,20). The van der Waals surface area contributed by atoms with Crippen LogP contribution in [0.2, 0.25) is 5.02 Å². The second-order valence-electron chi connectivity index (χ2n) is 4.61. The molecule has 0 atom stereocenters. The van der Waals surface area contributed by atoms with E-state index in [2.05, 4.69) is 5.32 Å². The first-order chi connectivity index (χ1) is 10.5. The number of carbonyl (C=O) groups excluding carboxylic acids is 1. The minimum absolute atomic E-state index is 0.0616. The Morgan fingerprint density at radius 1 is 1.27 bits per heavy atom. The molecule has 0 aliphatic rings. The molecule has 6 heteroatoms. The molecular formula is C16H13ClN2O3. The van der Waals surface area contributed by atoms with Crippen molar-refractivity contribution in [1.82, 2.24) is 0 Å². The minimum atomic E-state index is -0.562. The summed E-state index contributed by atoms with van der Waals surface area (Å²) in [5, 5.41) is 13.6. The summed E-state index contributed by atoms with van der Waals surface area (Å²) in [4.78, 5) is 22.1. The van der Waals surface area contributed by atoms with Crippen molar-refractivity contribution in [2.45, 2.75) is 6.92 Å². The van der Waals surface area contributed by atoms with E-state index in [1.807, 2.05) is 25.1 Å². The molecule has 0 unspecified atom stereocenters. The Morgan fingerprint density at radius 2 is 2.00 bits per heavy atom.